The fourth-order valence-corrected chi connectivity index (χ4v) is 3.10. The van der Waals surface area contributed by atoms with Gasteiger partial charge in [-0.1, -0.05) is 72.8 Å². The van der Waals surface area contributed by atoms with Crippen LogP contribution in [0.25, 0.3) is 33.0 Å². The molecule has 0 aromatic heterocycles. The summed E-state index contributed by atoms with van der Waals surface area (Å²) in [6.45, 7) is 0. The molecule has 0 heterocycles. The van der Waals surface area contributed by atoms with Crippen LogP contribution in [0.15, 0.2) is 91.0 Å². The van der Waals surface area contributed by atoms with E-state index in [2.05, 4.69) is 30.3 Å². The highest BCUT2D eigenvalue weighted by molar-refractivity contribution is 5.87. The summed E-state index contributed by atoms with van der Waals surface area (Å²) in [4.78, 5) is 0. The molecule has 0 aliphatic carbocycles. The Kier molecular flexibility index (Phi) is 4.00. The third-order valence-electron chi connectivity index (χ3n) is 4.49. The van der Waals surface area contributed by atoms with Crippen LogP contribution in [0.2, 0.25) is 0 Å². The maximum atomic E-state index is 12.9. The zero-order chi connectivity index (χ0) is 18.1. The summed E-state index contributed by atoms with van der Waals surface area (Å²) in [5.41, 5.74) is 2.81. The minimum absolute atomic E-state index is 0.560. The highest BCUT2D eigenvalue weighted by atomic mass is 19.4. The Morgan fingerprint density at radius 3 is 1.69 bits per heavy atom. The lowest BCUT2D eigenvalue weighted by molar-refractivity contribution is -0.137. The quantitative estimate of drug-likeness (QED) is 0.359. The Morgan fingerprint density at radius 2 is 1.04 bits per heavy atom. The molecule has 0 aliphatic heterocycles. The van der Waals surface area contributed by atoms with E-state index in [1.54, 1.807) is 6.07 Å². The molecule has 0 spiro atoms. The summed E-state index contributed by atoms with van der Waals surface area (Å²) < 4.78 is 38.7. The van der Waals surface area contributed by atoms with Crippen LogP contribution in [-0.2, 0) is 6.18 Å². The van der Waals surface area contributed by atoms with Gasteiger partial charge < -0.3 is 0 Å². The summed E-state index contributed by atoms with van der Waals surface area (Å²) in [5.74, 6) is 0. The number of hydrogen-bond donors (Lipinski definition) is 0. The molecule has 0 bridgehead atoms. The van der Waals surface area contributed by atoms with Crippen molar-refractivity contribution in [1.29, 1.82) is 0 Å². The molecular weight excluding hydrogens is 333 g/mol. The van der Waals surface area contributed by atoms with E-state index in [0.29, 0.717) is 5.56 Å². The molecule has 0 amide bonds. The summed E-state index contributed by atoms with van der Waals surface area (Å²) in [6.07, 6.45) is -4.33. The fourth-order valence-electron chi connectivity index (χ4n) is 3.10. The van der Waals surface area contributed by atoms with E-state index in [1.807, 2.05) is 36.4 Å². The van der Waals surface area contributed by atoms with Crippen LogP contribution in [-0.4, -0.2) is 0 Å². The van der Waals surface area contributed by atoms with Crippen LogP contribution in [0, 0.1) is 0 Å². The Balaban J connectivity index is 1.68. The van der Waals surface area contributed by atoms with Crippen molar-refractivity contribution < 1.29 is 13.2 Å². The van der Waals surface area contributed by atoms with Crippen molar-refractivity contribution in [3.05, 3.63) is 96.6 Å². The van der Waals surface area contributed by atoms with Gasteiger partial charge in [-0.15, -0.1) is 0 Å². The van der Waals surface area contributed by atoms with Crippen molar-refractivity contribution in [2.24, 2.45) is 0 Å². The van der Waals surface area contributed by atoms with Crippen molar-refractivity contribution in [2.75, 3.05) is 0 Å². The normalized spacial score (nSPS) is 11.7. The molecule has 4 aromatic rings. The van der Waals surface area contributed by atoms with Gasteiger partial charge in [0.15, 0.2) is 0 Å². The number of fused-ring (bicyclic) bond motifs is 1. The second kappa shape index (κ2) is 6.34. The second-order valence-electron chi connectivity index (χ2n) is 6.22. The SMILES string of the molecule is FC(F)(F)c1cccc(-c2ccc(-c3ccc4ccccc4c3)cc2)c1. The van der Waals surface area contributed by atoms with E-state index >= 15 is 0 Å². The molecule has 0 aliphatic rings. The molecule has 0 N–H and O–H groups in total. The summed E-state index contributed by atoms with van der Waals surface area (Å²) in [6, 6.07) is 27.4. The number of halogens is 3. The van der Waals surface area contributed by atoms with E-state index in [0.717, 1.165) is 28.1 Å². The Hall–Kier alpha value is -3.07. The Morgan fingerprint density at radius 1 is 0.462 bits per heavy atom. The van der Waals surface area contributed by atoms with Gasteiger partial charge in [-0.25, -0.2) is 0 Å². The Bertz CT molecular complexity index is 1060. The summed E-state index contributed by atoms with van der Waals surface area (Å²) >= 11 is 0. The van der Waals surface area contributed by atoms with Crippen LogP contribution in [0.1, 0.15) is 5.56 Å². The first-order valence-electron chi connectivity index (χ1n) is 8.28. The van der Waals surface area contributed by atoms with E-state index in [-0.39, 0.29) is 0 Å². The molecule has 0 nitrogen and oxygen atoms in total. The van der Waals surface area contributed by atoms with Gasteiger partial charge in [-0.3, -0.25) is 0 Å². The molecule has 128 valence electrons. The van der Waals surface area contributed by atoms with Gasteiger partial charge in [0.25, 0.3) is 0 Å². The fraction of sp³-hybridized carbons (Fsp3) is 0.0435. The van der Waals surface area contributed by atoms with Gasteiger partial charge >= 0.3 is 6.18 Å². The van der Waals surface area contributed by atoms with Crippen LogP contribution in [0.4, 0.5) is 13.2 Å². The maximum absolute atomic E-state index is 12.9. The third kappa shape index (κ3) is 3.21. The summed E-state index contributed by atoms with van der Waals surface area (Å²) in [5, 5.41) is 2.34. The van der Waals surface area contributed by atoms with Crippen LogP contribution in [0.3, 0.4) is 0 Å². The number of rotatable bonds is 2. The largest absolute Gasteiger partial charge is 0.416 e. The van der Waals surface area contributed by atoms with E-state index in [4.69, 9.17) is 0 Å². The first-order valence-corrected chi connectivity index (χ1v) is 8.28. The standard InChI is InChI=1S/C23H15F3/c24-23(25,26)22-7-3-6-20(15-22)17-8-10-18(11-9-17)21-13-12-16-4-1-2-5-19(16)14-21/h1-15H. The van der Waals surface area contributed by atoms with Gasteiger partial charge in [-0.2, -0.15) is 13.2 Å². The molecule has 0 fully saturated rings. The van der Waals surface area contributed by atoms with E-state index in [1.165, 1.54) is 17.5 Å². The zero-order valence-corrected chi connectivity index (χ0v) is 13.8. The van der Waals surface area contributed by atoms with Gasteiger partial charge in [-0.05, 0) is 51.2 Å². The van der Waals surface area contributed by atoms with Crippen molar-refractivity contribution in [3.63, 3.8) is 0 Å². The van der Waals surface area contributed by atoms with Crippen molar-refractivity contribution >= 4 is 10.8 Å². The molecule has 3 heteroatoms. The highest BCUT2D eigenvalue weighted by Gasteiger charge is 2.30. The molecular formula is C23H15F3. The Labute approximate surface area is 149 Å². The van der Waals surface area contributed by atoms with Crippen LogP contribution in [0.5, 0.6) is 0 Å². The number of hydrogen-bond acceptors (Lipinski definition) is 0. The van der Waals surface area contributed by atoms with E-state index < -0.39 is 11.7 Å². The lowest BCUT2D eigenvalue weighted by atomic mass is 9.97. The predicted molar refractivity (Wildman–Crippen MR) is 99.8 cm³/mol. The van der Waals surface area contributed by atoms with Gasteiger partial charge in [0, 0.05) is 0 Å². The molecule has 4 rings (SSSR count). The van der Waals surface area contributed by atoms with Crippen LogP contribution >= 0.6 is 0 Å². The molecule has 0 saturated carbocycles. The molecule has 0 saturated heterocycles. The first kappa shape index (κ1) is 16.4. The van der Waals surface area contributed by atoms with Crippen molar-refractivity contribution in [3.8, 4) is 22.3 Å². The molecule has 26 heavy (non-hydrogen) atoms. The minimum atomic E-state index is -4.33. The molecule has 4 aromatic carbocycles. The minimum Gasteiger partial charge on any atom is -0.166 e. The number of alkyl halides is 3. The second-order valence-corrected chi connectivity index (χ2v) is 6.22. The maximum Gasteiger partial charge on any atom is 0.416 e. The monoisotopic (exact) mass is 348 g/mol. The van der Waals surface area contributed by atoms with Gasteiger partial charge in [0.2, 0.25) is 0 Å². The van der Waals surface area contributed by atoms with Crippen LogP contribution < -0.4 is 0 Å². The lowest BCUT2D eigenvalue weighted by Gasteiger charge is -2.10. The molecule has 0 radical (unpaired) electrons. The van der Waals surface area contributed by atoms with Gasteiger partial charge in [0.1, 0.15) is 0 Å². The average Bonchev–Trinajstić information content (AvgIpc) is 2.67. The smallest absolute Gasteiger partial charge is 0.166 e. The van der Waals surface area contributed by atoms with Crippen molar-refractivity contribution in [1.82, 2.24) is 0 Å². The number of benzene rings is 4. The topological polar surface area (TPSA) is 0 Å². The zero-order valence-electron chi connectivity index (χ0n) is 13.8. The summed E-state index contributed by atoms with van der Waals surface area (Å²) in [7, 11) is 0. The average molecular weight is 348 g/mol. The highest BCUT2D eigenvalue weighted by Crippen LogP contribution is 2.33. The van der Waals surface area contributed by atoms with Gasteiger partial charge in [0.05, 0.1) is 5.56 Å². The first-order chi connectivity index (χ1) is 12.5. The van der Waals surface area contributed by atoms with Crippen molar-refractivity contribution in [2.45, 2.75) is 6.18 Å². The lowest BCUT2D eigenvalue weighted by Crippen LogP contribution is -2.04. The van der Waals surface area contributed by atoms with E-state index in [9.17, 15) is 13.2 Å². The molecule has 0 atom stereocenters. The third-order valence-corrected chi connectivity index (χ3v) is 4.49. The predicted octanol–water partition coefficient (Wildman–Crippen LogP) is 7.19. The molecule has 0 unspecified atom stereocenters.